The summed E-state index contributed by atoms with van der Waals surface area (Å²) < 4.78 is 5.09. The highest BCUT2D eigenvalue weighted by atomic mass is 32.1. The molecule has 1 amide bonds. The molecule has 3 rings (SSSR count). The van der Waals surface area contributed by atoms with E-state index in [1.165, 1.54) is 4.88 Å². The molecule has 0 saturated heterocycles. The van der Waals surface area contributed by atoms with E-state index in [1.54, 1.807) is 18.4 Å². The molecule has 104 valence electrons. The highest BCUT2D eigenvalue weighted by Gasteiger charge is 2.25. The number of amides is 1. The molecule has 20 heavy (non-hydrogen) atoms. The number of anilines is 2. The van der Waals surface area contributed by atoms with Crippen molar-refractivity contribution in [1.82, 2.24) is 0 Å². The summed E-state index contributed by atoms with van der Waals surface area (Å²) in [5.74, 6) is 0.644. The molecule has 1 heterocycles. The van der Waals surface area contributed by atoms with Crippen LogP contribution < -0.4 is 15.8 Å². The maximum Gasteiger partial charge on any atom is 0.258 e. The summed E-state index contributed by atoms with van der Waals surface area (Å²) in [6.45, 7) is 0. The van der Waals surface area contributed by atoms with Crippen molar-refractivity contribution in [3.8, 4) is 5.75 Å². The molecule has 0 radical (unpaired) electrons. The molecule has 4 nitrogen and oxygen atoms in total. The summed E-state index contributed by atoms with van der Waals surface area (Å²) in [5, 5.41) is 3.52. The minimum Gasteiger partial charge on any atom is -0.497 e. The van der Waals surface area contributed by atoms with Crippen LogP contribution in [0, 0.1) is 0 Å². The van der Waals surface area contributed by atoms with Gasteiger partial charge in [0.2, 0.25) is 0 Å². The minimum atomic E-state index is -0.118. The number of benzene rings is 1. The molecule has 0 fully saturated rings. The maximum atomic E-state index is 12.4. The van der Waals surface area contributed by atoms with Gasteiger partial charge in [-0.2, -0.15) is 0 Å². The van der Waals surface area contributed by atoms with Crippen molar-refractivity contribution in [3.63, 3.8) is 0 Å². The molecule has 0 aliphatic heterocycles. The van der Waals surface area contributed by atoms with Crippen LogP contribution in [0.2, 0.25) is 0 Å². The number of carbonyl (C=O) groups excluding carboxylic acids is 1. The second kappa shape index (κ2) is 5.17. The molecule has 0 unspecified atom stereocenters. The lowest BCUT2D eigenvalue weighted by atomic mass is 10.1. The monoisotopic (exact) mass is 288 g/mol. The van der Waals surface area contributed by atoms with E-state index < -0.39 is 0 Å². The third kappa shape index (κ3) is 2.25. The van der Waals surface area contributed by atoms with Crippen LogP contribution in [0.25, 0.3) is 0 Å². The van der Waals surface area contributed by atoms with Crippen LogP contribution in [-0.2, 0) is 12.8 Å². The van der Waals surface area contributed by atoms with Crippen LogP contribution in [0.1, 0.15) is 27.2 Å². The van der Waals surface area contributed by atoms with Gasteiger partial charge in [-0.1, -0.05) is 0 Å². The fraction of sp³-hybridized carbons (Fsp3) is 0.267. The van der Waals surface area contributed by atoms with E-state index in [9.17, 15) is 4.79 Å². The molecule has 0 spiro atoms. The summed E-state index contributed by atoms with van der Waals surface area (Å²) in [6.07, 6.45) is 3.11. The molecule has 1 aliphatic carbocycles. The molecule has 1 aromatic carbocycles. The summed E-state index contributed by atoms with van der Waals surface area (Å²) >= 11 is 1.55. The Morgan fingerprint density at radius 2 is 2.05 bits per heavy atom. The predicted octanol–water partition coefficient (Wildman–Crippen LogP) is 3.08. The fourth-order valence-electron chi connectivity index (χ4n) is 2.54. The molecular weight excluding hydrogens is 272 g/mol. The minimum absolute atomic E-state index is 0.118. The molecule has 1 aliphatic rings. The first-order valence-electron chi connectivity index (χ1n) is 6.54. The van der Waals surface area contributed by atoms with Crippen LogP contribution in [0.3, 0.4) is 0 Å². The Morgan fingerprint density at radius 1 is 1.30 bits per heavy atom. The molecule has 3 N–H and O–H groups in total. The average molecular weight is 288 g/mol. The number of aryl methyl sites for hydroxylation is 1. The summed E-state index contributed by atoms with van der Waals surface area (Å²) in [5.41, 5.74) is 8.54. The van der Waals surface area contributed by atoms with Gasteiger partial charge in [-0.3, -0.25) is 4.79 Å². The Kier molecular flexibility index (Phi) is 3.36. The number of nitrogens with one attached hydrogen (secondary N) is 1. The fourth-order valence-corrected chi connectivity index (χ4v) is 3.70. The summed E-state index contributed by atoms with van der Waals surface area (Å²) in [7, 11) is 1.61. The standard InChI is InChI=1S/C15H16N2O2S/c1-19-10-7-5-9(6-8-10)17-15(18)13-11-3-2-4-12(11)20-14(13)16/h5-8H,2-4,16H2,1H3,(H,17,18). The number of nitrogens with two attached hydrogens (primary N) is 1. The zero-order chi connectivity index (χ0) is 14.1. The van der Waals surface area contributed by atoms with E-state index in [1.807, 2.05) is 24.3 Å². The van der Waals surface area contributed by atoms with E-state index in [2.05, 4.69) is 5.32 Å². The van der Waals surface area contributed by atoms with Gasteiger partial charge in [0.15, 0.2) is 0 Å². The van der Waals surface area contributed by atoms with Crippen molar-refractivity contribution in [2.24, 2.45) is 0 Å². The van der Waals surface area contributed by atoms with E-state index in [-0.39, 0.29) is 5.91 Å². The van der Waals surface area contributed by atoms with Gasteiger partial charge in [0.1, 0.15) is 5.75 Å². The number of fused-ring (bicyclic) bond motifs is 1. The molecule has 1 aromatic heterocycles. The third-order valence-corrected chi connectivity index (χ3v) is 4.64. The van der Waals surface area contributed by atoms with Gasteiger partial charge < -0.3 is 15.8 Å². The zero-order valence-electron chi connectivity index (χ0n) is 11.2. The zero-order valence-corrected chi connectivity index (χ0v) is 12.0. The Morgan fingerprint density at radius 3 is 2.75 bits per heavy atom. The van der Waals surface area contributed by atoms with E-state index in [0.717, 1.165) is 36.3 Å². The highest BCUT2D eigenvalue weighted by Crippen LogP contribution is 2.37. The van der Waals surface area contributed by atoms with Gasteiger partial charge in [0.25, 0.3) is 5.91 Å². The number of thiophene rings is 1. The van der Waals surface area contributed by atoms with E-state index in [4.69, 9.17) is 10.5 Å². The average Bonchev–Trinajstić information content (AvgIpc) is 2.99. The SMILES string of the molecule is COc1ccc(NC(=O)c2c(N)sc3c2CCC3)cc1. The van der Waals surface area contributed by atoms with Crippen molar-refractivity contribution in [2.45, 2.75) is 19.3 Å². The first-order chi connectivity index (χ1) is 9.69. The van der Waals surface area contributed by atoms with Gasteiger partial charge in [-0.15, -0.1) is 11.3 Å². The first kappa shape index (κ1) is 13.0. The molecular formula is C15H16N2O2S. The third-order valence-electron chi connectivity index (χ3n) is 3.52. The van der Waals surface area contributed by atoms with Crippen LogP contribution in [0.4, 0.5) is 10.7 Å². The Hall–Kier alpha value is -2.01. The van der Waals surface area contributed by atoms with E-state index in [0.29, 0.717) is 10.6 Å². The molecule has 5 heteroatoms. The smallest absolute Gasteiger partial charge is 0.258 e. The highest BCUT2D eigenvalue weighted by molar-refractivity contribution is 7.16. The molecule has 0 bridgehead atoms. The van der Waals surface area contributed by atoms with Crippen LogP contribution in [-0.4, -0.2) is 13.0 Å². The van der Waals surface area contributed by atoms with Crippen LogP contribution >= 0.6 is 11.3 Å². The summed E-state index contributed by atoms with van der Waals surface area (Å²) in [4.78, 5) is 13.7. The van der Waals surface area contributed by atoms with Gasteiger partial charge >= 0.3 is 0 Å². The Balaban J connectivity index is 1.82. The maximum absolute atomic E-state index is 12.4. The lowest BCUT2D eigenvalue weighted by Crippen LogP contribution is -2.14. The largest absolute Gasteiger partial charge is 0.497 e. The quantitative estimate of drug-likeness (QED) is 0.912. The van der Waals surface area contributed by atoms with Crippen molar-refractivity contribution < 1.29 is 9.53 Å². The van der Waals surface area contributed by atoms with Crippen molar-refractivity contribution >= 4 is 27.9 Å². The number of carbonyl (C=O) groups is 1. The van der Waals surface area contributed by atoms with Crippen LogP contribution in [0.15, 0.2) is 24.3 Å². The number of ether oxygens (including phenoxy) is 1. The van der Waals surface area contributed by atoms with Gasteiger partial charge in [0.05, 0.1) is 17.7 Å². The Bertz CT molecular complexity index is 647. The number of hydrogen-bond donors (Lipinski definition) is 2. The number of hydrogen-bond acceptors (Lipinski definition) is 4. The Labute approximate surface area is 121 Å². The van der Waals surface area contributed by atoms with Gasteiger partial charge in [-0.05, 0) is 49.1 Å². The number of nitrogen functional groups attached to an aromatic ring is 1. The van der Waals surface area contributed by atoms with E-state index >= 15 is 0 Å². The summed E-state index contributed by atoms with van der Waals surface area (Å²) in [6, 6.07) is 7.27. The number of methoxy groups -OCH3 is 1. The van der Waals surface area contributed by atoms with Crippen LogP contribution in [0.5, 0.6) is 5.75 Å². The van der Waals surface area contributed by atoms with Gasteiger partial charge in [0, 0.05) is 10.6 Å². The topological polar surface area (TPSA) is 64.3 Å². The lowest BCUT2D eigenvalue weighted by Gasteiger charge is -2.07. The second-order valence-corrected chi connectivity index (χ2v) is 5.92. The molecule has 0 atom stereocenters. The van der Waals surface area contributed by atoms with Crippen molar-refractivity contribution in [2.75, 3.05) is 18.2 Å². The number of rotatable bonds is 3. The predicted molar refractivity (Wildman–Crippen MR) is 81.7 cm³/mol. The lowest BCUT2D eigenvalue weighted by molar-refractivity contribution is 0.102. The van der Waals surface area contributed by atoms with Crippen molar-refractivity contribution in [3.05, 3.63) is 40.3 Å². The van der Waals surface area contributed by atoms with Crippen molar-refractivity contribution in [1.29, 1.82) is 0 Å². The first-order valence-corrected chi connectivity index (χ1v) is 7.36. The molecule has 2 aromatic rings. The second-order valence-electron chi connectivity index (χ2n) is 4.78. The molecule has 0 saturated carbocycles. The normalized spacial score (nSPS) is 13.1. The van der Waals surface area contributed by atoms with Gasteiger partial charge in [-0.25, -0.2) is 0 Å².